The Morgan fingerprint density at radius 1 is 1.16 bits per heavy atom. The first kappa shape index (κ1) is 14.5. The Kier molecular flexibility index (Phi) is 5.41. The van der Waals surface area contributed by atoms with Gasteiger partial charge in [0.05, 0.1) is 0 Å². The summed E-state index contributed by atoms with van der Waals surface area (Å²) in [6.45, 7) is 7.92. The zero-order valence-corrected chi connectivity index (χ0v) is 12.7. The molecule has 1 N–H and O–H groups in total. The number of nitrogens with one attached hydrogen (secondary N) is 1. The minimum absolute atomic E-state index is 0.630. The van der Waals surface area contributed by atoms with Crippen molar-refractivity contribution in [3.63, 3.8) is 0 Å². The number of nitrogens with zero attached hydrogens (tertiary/aromatic N) is 1. The zero-order valence-electron chi connectivity index (χ0n) is 12.7. The van der Waals surface area contributed by atoms with E-state index in [9.17, 15) is 0 Å². The van der Waals surface area contributed by atoms with Gasteiger partial charge in [0.2, 0.25) is 0 Å². The highest BCUT2D eigenvalue weighted by molar-refractivity contribution is 5.24. The van der Waals surface area contributed by atoms with E-state index >= 15 is 0 Å². The van der Waals surface area contributed by atoms with Crippen LogP contribution in [0.2, 0.25) is 0 Å². The van der Waals surface area contributed by atoms with Crippen LogP contribution in [0.5, 0.6) is 0 Å². The van der Waals surface area contributed by atoms with Crippen molar-refractivity contribution in [1.82, 2.24) is 10.2 Å². The van der Waals surface area contributed by atoms with Crippen molar-refractivity contribution in [1.29, 1.82) is 0 Å². The predicted molar refractivity (Wildman–Crippen MR) is 82.8 cm³/mol. The van der Waals surface area contributed by atoms with Gasteiger partial charge >= 0.3 is 0 Å². The Morgan fingerprint density at radius 2 is 1.84 bits per heavy atom. The van der Waals surface area contributed by atoms with Gasteiger partial charge in [-0.05, 0) is 43.4 Å². The molecule has 0 aromatic heterocycles. The highest BCUT2D eigenvalue weighted by Gasteiger charge is 2.19. The summed E-state index contributed by atoms with van der Waals surface area (Å²) in [6.07, 6.45) is 3.91. The molecule has 1 aromatic carbocycles. The molecule has 19 heavy (non-hydrogen) atoms. The maximum absolute atomic E-state index is 3.56. The molecule has 2 rings (SSSR count). The minimum atomic E-state index is 0.630. The van der Waals surface area contributed by atoms with Crippen molar-refractivity contribution in [2.45, 2.75) is 45.1 Å². The van der Waals surface area contributed by atoms with E-state index in [-0.39, 0.29) is 0 Å². The van der Waals surface area contributed by atoms with Crippen LogP contribution in [0.4, 0.5) is 0 Å². The van der Waals surface area contributed by atoms with Crippen LogP contribution in [0, 0.1) is 0 Å². The van der Waals surface area contributed by atoms with Gasteiger partial charge in [0.15, 0.2) is 0 Å². The maximum atomic E-state index is 3.56. The van der Waals surface area contributed by atoms with Crippen LogP contribution in [-0.4, -0.2) is 37.6 Å². The third-order valence-electron chi connectivity index (χ3n) is 3.93. The molecule has 0 heterocycles. The van der Waals surface area contributed by atoms with E-state index in [0.29, 0.717) is 5.92 Å². The highest BCUT2D eigenvalue weighted by Crippen LogP contribution is 2.18. The van der Waals surface area contributed by atoms with Crippen molar-refractivity contribution in [3.8, 4) is 0 Å². The summed E-state index contributed by atoms with van der Waals surface area (Å²) in [5.41, 5.74) is 2.89. The molecule has 2 nitrogen and oxygen atoms in total. The molecule has 2 heteroatoms. The van der Waals surface area contributed by atoms with Gasteiger partial charge in [-0.3, -0.25) is 0 Å². The van der Waals surface area contributed by atoms with E-state index in [2.05, 4.69) is 55.4 Å². The monoisotopic (exact) mass is 260 g/mol. The predicted octanol–water partition coefficient (Wildman–Crippen LogP) is 3.04. The fourth-order valence-electron chi connectivity index (χ4n) is 2.25. The van der Waals surface area contributed by atoms with Gasteiger partial charge in [0.25, 0.3) is 0 Å². The summed E-state index contributed by atoms with van der Waals surface area (Å²) >= 11 is 0. The van der Waals surface area contributed by atoms with Crippen molar-refractivity contribution in [3.05, 3.63) is 35.4 Å². The number of benzene rings is 1. The van der Waals surface area contributed by atoms with Gasteiger partial charge in [-0.15, -0.1) is 0 Å². The fourth-order valence-corrected chi connectivity index (χ4v) is 2.25. The Labute approximate surface area is 118 Å². The normalized spacial score (nSPS) is 15.4. The van der Waals surface area contributed by atoms with Gasteiger partial charge < -0.3 is 10.2 Å². The van der Waals surface area contributed by atoms with Crippen LogP contribution in [0.15, 0.2) is 24.3 Å². The molecular weight excluding hydrogens is 232 g/mol. The van der Waals surface area contributed by atoms with E-state index < -0.39 is 0 Å². The Morgan fingerprint density at radius 3 is 2.42 bits per heavy atom. The standard InChI is InChI=1S/C17H28N2/c1-14(2)16-6-4-15(5-7-16)10-12-19(3)13-11-18-17-8-9-17/h4-7,14,17-18H,8-13H2,1-3H3. The van der Waals surface area contributed by atoms with E-state index in [1.807, 2.05) is 0 Å². The first-order chi connectivity index (χ1) is 9.15. The van der Waals surface area contributed by atoms with E-state index in [1.54, 1.807) is 0 Å². The third-order valence-corrected chi connectivity index (χ3v) is 3.93. The summed E-state index contributed by atoms with van der Waals surface area (Å²) in [7, 11) is 2.22. The molecule has 1 saturated carbocycles. The van der Waals surface area contributed by atoms with Crippen LogP contribution in [0.25, 0.3) is 0 Å². The topological polar surface area (TPSA) is 15.3 Å². The van der Waals surface area contributed by atoms with E-state index in [1.165, 1.54) is 24.0 Å². The maximum Gasteiger partial charge on any atom is 0.0104 e. The minimum Gasteiger partial charge on any atom is -0.313 e. The van der Waals surface area contributed by atoms with Gasteiger partial charge in [0.1, 0.15) is 0 Å². The molecule has 0 atom stereocenters. The first-order valence-electron chi connectivity index (χ1n) is 7.66. The summed E-state index contributed by atoms with van der Waals surface area (Å²) < 4.78 is 0. The Bertz CT molecular complexity index is 365. The molecule has 1 fully saturated rings. The molecule has 1 aromatic rings. The molecule has 0 unspecified atom stereocenters. The molecule has 1 aliphatic carbocycles. The molecule has 0 bridgehead atoms. The third kappa shape index (κ3) is 5.33. The lowest BCUT2D eigenvalue weighted by Crippen LogP contribution is -2.31. The molecule has 0 saturated heterocycles. The van der Waals surface area contributed by atoms with Crippen molar-refractivity contribution >= 4 is 0 Å². The second kappa shape index (κ2) is 7.06. The SMILES string of the molecule is CC(C)c1ccc(CCN(C)CCNC2CC2)cc1. The average molecular weight is 260 g/mol. The first-order valence-corrected chi connectivity index (χ1v) is 7.66. The van der Waals surface area contributed by atoms with Crippen LogP contribution in [-0.2, 0) is 6.42 Å². The summed E-state index contributed by atoms with van der Waals surface area (Å²) in [6, 6.07) is 9.94. The lowest BCUT2D eigenvalue weighted by molar-refractivity contribution is 0.335. The smallest absolute Gasteiger partial charge is 0.0104 e. The van der Waals surface area contributed by atoms with Crippen LogP contribution < -0.4 is 5.32 Å². The summed E-state index contributed by atoms with van der Waals surface area (Å²) in [5.74, 6) is 0.630. The highest BCUT2D eigenvalue weighted by atomic mass is 15.1. The average Bonchev–Trinajstić information content (AvgIpc) is 3.21. The molecule has 0 radical (unpaired) electrons. The van der Waals surface area contributed by atoms with Gasteiger partial charge in [-0.1, -0.05) is 38.1 Å². The number of likely N-dealkylation sites (N-methyl/N-ethyl adjacent to an activating group) is 1. The zero-order chi connectivity index (χ0) is 13.7. The lowest BCUT2D eigenvalue weighted by Gasteiger charge is -2.17. The van der Waals surface area contributed by atoms with Gasteiger partial charge in [0, 0.05) is 25.7 Å². The number of hydrogen-bond acceptors (Lipinski definition) is 2. The van der Waals surface area contributed by atoms with Crippen molar-refractivity contribution < 1.29 is 0 Å². The van der Waals surface area contributed by atoms with Gasteiger partial charge in [-0.2, -0.15) is 0 Å². The number of hydrogen-bond donors (Lipinski definition) is 1. The quantitative estimate of drug-likeness (QED) is 0.773. The second-order valence-electron chi connectivity index (χ2n) is 6.18. The Balaban J connectivity index is 1.65. The summed E-state index contributed by atoms with van der Waals surface area (Å²) in [5, 5.41) is 3.56. The molecule has 1 aliphatic rings. The largest absolute Gasteiger partial charge is 0.313 e. The molecule has 0 spiro atoms. The second-order valence-corrected chi connectivity index (χ2v) is 6.18. The van der Waals surface area contributed by atoms with Crippen LogP contribution >= 0.6 is 0 Å². The van der Waals surface area contributed by atoms with Crippen molar-refractivity contribution in [2.75, 3.05) is 26.7 Å². The number of rotatable bonds is 8. The van der Waals surface area contributed by atoms with E-state index in [0.717, 1.165) is 32.1 Å². The van der Waals surface area contributed by atoms with Gasteiger partial charge in [-0.25, -0.2) is 0 Å². The van der Waals surface area contributed by atoms with Crippen LogP contribution in [0.3, 0.4) is 0 Å². The summed E-state index contributed by atoms with van der Waals surface area (Å²) in [4.78, 5) is 2.42. The molecule has 0 amide bonds. The molecule has 0 aliphatic heterocycles. The lowest BCUT2D eigenvalue weighted by atomic mass is 10.0. The molecule has 106 valence electrons. The fraction of sp³-hybridized carbons (Fsp3) is 0.647. The Hall–Kier alpha value is -0.860. The van der Waals surface area contributed by atoms with E-state index in [4.69, 9.17) is 0 Å². The van der Waals surface area contributed by atoms with Crippen molar-refractivity contribution in [2.24, 2.45) is 0 Å². The molecular formula is C17H28N2. The van der Waals surface area contributed by atoms with Crippen LogP contribution in [0.1, 0.15) is 43.7 Å².